The quantitative estimate of drug-likeness (QED) is 0.784. The first kappa shape index (κ1) is 13.8. The normalized spacial score (nSPS) is 11.6. The lowest BCUT2D eigenvalue weighted by molar-refractivity contribution is 0.170. The zero-order valence-electron chi connectivity index (χ0n) is 11.1. The van der Waals surface area contributed by atoms with Crippen LogP contribution in [0.25, 0.3) is 0 Å². The Morgan fingerprint density at radius 2 is 1.76 bits per heavy atom. The van der Waals surface area contributed by atoms with Gasteiger partial charge in [0, 0.05) is 18.6 Å². The molecule has 0 radical (unpaired) electrons. The number of nitrogens with zero attached hydrogens (tertiary/aromatic N) is 3. The summed E-state index contributed by atoms with van der Waals surface area (Å²) in [4.78, 5) is 4.43. The van der Waals surface area contributed by atoms with E-state index in [0.29, 0.717) is 12.5 Å². The fourth-order valence-electron chi connectivity index (χ4n) is 1.39. The van der Waals surface area contributed by atoms with E-state index in [0.717, 1.165) is 24.2 Å². The van der Waals surface area contributed by atoms with Gasteiger partial charge in [0.05, 0.1) is 11.4 Å². The molecule has 0 aromatic carbocycles. The number of aromatic nitrogens is 3. The Kier molecular flexibility index (Phi) is 4.81. The average Bonchev–Trinajstić information content (AvgIpc) is 2.36. The van der Waals surface area contributed by atoms with E-state index in [-0.39, 0.29) is 12.0 Å². The van der Waals surface area contributed by atoms with Crippen LogP contribution in [-0.4, -0.2) is 33.4 Å². The molecular weight excluding hydrogens is 216 g/mol. The molecule has 0 spiro atoms. The highest BCUT2D eigenvalue weighted by molar-refractivity contribution is 5.26. The van der Waals surface area contributed by atoms with Crippen LogP contribution in [0, 0.1) is 5.41 Å². The molecule has 0 unspecified atom stereocenters. The molecule has 0 amide bonds. The van der Waals surface area contributed by atoms with Crippen LogP contribution in [0.15, 0.2) is 0 Å². The molecule has 96 valence electrons. The van der Waals surface area contributed by atoms with Crippen molar-refractivity contribution in [3.63, 3.8) is 0 Å². The summed E-state index contributed by atoms with van der Waals surface area (Å²) >= 11 is 0. The van der Waals surface area contributed by atoms with Gasteiger partial charge in [-0.3, -0.25) is 0 Å². The van der Waals surface area contributed by atoms with Crippen LogP contribution in [0.1, 0.15) is 39.1 Å². The highest BCUT2D eigenvalue weighted by Gasteiger charge is 2.17. The van der Waals surface area contributed by atoms with E-state index in [1.165, 1.54) is 0 Å². The summed E-state index contributed by atoms with van der Waals surface area (Å²) in [6, 6.07) is 0. The number of aryl methyl sites for hydroxylation is 2. The van der Waals surface area contributed by atoms with Gasteiger partial charge in [-0.2, -0.15) is 5.10 Å². The molecule has 0 saturated carbocycles. The number of hydrogen-bond donors (Lipinski definition) is 2. The van der Waals surface area contributed by atoms with Crippen molar-refractivity contribution in [1.82, 2.24) is 15.2 Å². The van der Waals surface area contributed by atoms with Crippen molar-refractivity contribution in [2.45, 2.75) is 40.5 Å². The average molecular weight is 238 g/mol. The van der Waals surface area contributed by atoms with Crippen molar-refractivity contribution in [3.8, 4) is 0 Å². The highest BCUT2D eigenvalue weighted by atomic mass is 16.3. The molecule has 0 bridgehead atoms. The molecule has 0 aliphatic heterocycles. The first-order valence-electron chi connectivity index (χ1n) is 6.09. The van der Waals surface area contributed by atoms with Crippen molar-refractivity contribution in [3.05, 3.63) is 11.4 Å². The lowest BCUT2D eigenvalue weighted by Crippen LogP contribution is -2.27. The van der Waals surface area contributed by atoms with Crippen LogP contribution in [0.5, 0.6) is 0 Å². The van der Waals surface area contributed by atoms with E-state index < -0.39 is 0 Å². The molecule has 5 nitrogen and oxygen atoms in total. The number of aliphatic hydroxyl groups is 1. The van der Waals surface area contributed by atoms with Gasteiger partial charge in [0.15, 0.2) is 0 Å². The molecule has 1 heterocycles. The third-order valence-corrected chi connectivity index (χ3v) is 2.66. The highest BCUT2D eigenvalue weighted by Crippen LogP contribution is 2.14. The minimum absolute atomic E-state index is 0.126. The van der Waals surface area contributed by atoms with Crippen LogP contribution >= 0.6 is 0 Å². The van der Waals surface area contributed by atoms with Crippen molar-refractivity contribution < 1.29 is 5.11 Å². The summed E-state index contributed by atoms with van der Waals surface area (Å²) < 4.78 is 0. The predicted molar refractivity (Wildman–Crippen MR) is 67.9 cm³/mol. The van der Waals surface area contributed by atoms with E-state index in [1.807, 2.05) is 20.8 Å². The Labute approximate surface area is 103 Å². The largest absolute Gasteiger partial charge is 0.396 e. The van der Waals surface area contributed by atoms with Crippen LogP contribution in [-0.2, 0) is 12.8 Å². The maximum atomic E-state index is 9.16. The molecule has 0 fully saturated rings. The van der Waals surface area contributed by atoms with Gasteiger partial charge in [-0.1, -0.05) is 27.7 Å². The molecule has 5 heteroatoms. The minimum atomic E-state index is -0.181. The Hall–Kier alpha value is -1.23. The third kappa shape index (κ3) is 3.93. The molecule has 17 heavy (non-hydrogen) atoms. The van der Waals surface area contributed by atoms with Gasteiger partial charge in [0.25, 0.3) is 0 Å². The van der Waals surface area contributed by atoms with Gasteiger partial charge < -0.3 is 10.4 Å². The van der Waals surface area contributed by atoms with Crippen LogP contribution in [0.4, 0.5) is 5.95 Å². The molecule has 2 N–H and O–H groups in total. The zero-order valence-corrected chi connectivity index (χ0v) is 11.1. The molecular formula is C12H22N4O. The predicted octanol–water partition coefficient (Wildman–Crippen LogP) is 1.43. The van der Waals surface area contributed by atoms with E-state index in [4.69, 9.17) is 5.11 Å². The van der Waals surface area contributed by atoms with E-state index in [1.54, 1.807) is 0 Å². The van der Waals surface area contributed by atoms with E-state index >= 15 is 0 Å². The molecule has 0 aliphatic rings. The van der Waals surface area contributed by atoms with Crippen molar-refractivity contribution in [1.29, 1.82) is 0 Å². The van der Waals surface area contributed by atoms with E-state index in [2.05, 4.69) is 27.4 Å². The SMILES string of the molecule is CCc1nnc(NCC(C)(C)CO)nc1CC. The maximum Gasteiger partial charge on any atom is 0.242 e. The van der Waals surface area contributed by atoms with Crippen LogP contribution in [0.3, 0.4) is 0 Å². The second-order valence-corrected chi connectivity index (χ2v) is 4.91. The zero-order chi connectivity index (χ0) is 12.9. The summed E-state index contributed by atoms with van der Waals surface area (Å²) in [5, 5.41) is 20.5. The monoisotopic (exact) mass is 238 g/mol. The van der Waals surface area contributed by atoms with Crippen LogP contribution < -0.4 is 5.32 Å². The summed E-state index contributed by atoms with van der Waals surface area (Å²) in [6.07, 6.45) is 1.71. The second kappa shape index (κ2) is 5.91. The Balaban J connectivity index is 2.73. The fraction of sp³-hybridized carbons (Fsp3) is 0.750. The van der Waals surface area contributed by atoms with Crippen molar-refractivity contribution in [2.24, 2.45) is 5.41 Å². The van der Waals surface area contributed by atoms with Gasteiger partial charge in [0.2, 0.25) is 5.95 Å². The lowest BCUT2D eigenvalue weighted by Gasteiger charge is -2.21. The lowest BCUT2D eigenvalue weighted by atomic mass is 9.95. The molecule has 0 aliphatic carbocycles. The van der Waals surface area contributed by atoms with Gasteiger partial charge in [-0.05, 0) is 12.8 Å². The third-order valence-electron chi connectivity index (χ3n) is 2.66. The van der Waals surface area contributed by atoms with Crippen molar-refractivity contribution >= 4 is 5.95 Å². The fourth-order valence-corrected chi connectivity index (χ4v) is 1.39. The molecule has 1 aromatic heterocycles. The number of anilines is 1. The Morgan fingerprint density at radius 3 is 2.29 bits per heavy atom. The smallest absolute Gasteiger partial charge is 0.242 e. The van der Waals surface area contributed by atoms with Gasteiger partial charge in [-0.15, -0.1) is 5.10 Å². The summed E-state index contributed by atoms with van der Waals surface area (Å²) in [6.45, 7) is 8.82. The van der Waals surface area contributed by atoms with Gasteiger partial charge >= 0.3 is 0 Å². The Bertz CT molecular complexity index is 366. The van der Waals surface area contributed by atoms with E-state index in [9.17, 15) is 0 Å². The second-order valence-electron chi connectivity index (χ2n) is 4.91. The maximum absolute atomic E-state index is 9.16. The standard InChI is InChI=1S/C12H22N4O/c1-5-9-10(6-2)15-16-11(14-9)13-7-12(3,4)8-17/h17H,5-8H2,1-4H3,(H,13,14,16). The summed E-state index contributed by atoms with van der Waals surface area (Å²) in [5.74, 6) is 0.542. The molecule has 1 aromatic rings. The number of hydrogen-bond acceptors (Lipinski definition) is 5. The first-order chi connectivity index (χ1) is 8.02. The first-order valence-corrected chi connectivity index (χ1v) is 6.09. The summed E-state index contributed by atoms with van der Waals surface area (Å²) in [5.41, 5.74) is 1.77. The van der Waals surface area contributed by atoms with Crippen LogP contribution in [0.2, 0.25) is 0 Å². The Morgan fingerprint density at radius 1 is 1.12 bits per heavy atom. The molecule has 1 rings (SSSR count). The topological polar surface area (TPSA) is 70.9 Å². The van der Waals surface area contributed by atoms with Gasteiger partial charge in [-0.25, -0.2) is 4.98 Å². The summed E-state index contributed by atoms with van der Waals surface area (Å²) in [7, 11) is 0. The number of aliphatic hydroxyl groups excluding tert-OH is 1. The minimum Gasteiger partial charge on any atom is -0.396 e. The molecule has 0 atom stereocenters. The van der Waals surface area contributed by atoms with Crippen molar-refractivity contribution in [2.75, 3.05) is 18.5 Å². The van der Waals surface area contributed by atoms with Gasteiger partial charge in [0.1, 0.15) is 0 Å². The number of nitrogens with one attached hydrogen (secondary N) is 1. The molecule has 0 saturated heterocycles. The number of rotatable bonds is 6.